The molecule has 2 N–H and O–H groups in total. The summed E-state index contributed by atoms with van der Waals surface area (Å²) in [5, 5.41) is 17.2. The first-order chi connectivity index (χ1) is 11.9. The van der Waals surface area contributed by atoms with Crippen LogP contribution in [-0.2, 0) is 14.2 Å². The van der Waals surface area contributed by atoms with Gasteiger partial charge in [0.25, 0.3) is 0 Å². The molecule has 24 heavy (non-hydrogen) atoms. The van der Waals surface area contributed by atoms with Gasteiger partial charge < -0.3 is 24.4 Å². The zero-order chi connectivity index (χ0) is 17.6. The molecule has 0 spiro atoms. The Hall–Kier alpha value is 1.90. The zero-order valence-corrected chi connectivity index (χ0v) is 18.7. The average Bonchev–Trinajstić information content (AvgIpc) is 2.60. The Kier molecular flexibility index (Phi) is 26.9. The summed E-state index contributed by atoms with van der Waals surface area (Å²) in [6.45, 7) is 3.75. The summed E-state index contributed by atoms with van der Waals surface area (Å²) < 4.78 is 16.3. The average molecular weight is 457 g/mol. The molecule has 0 radical (unpaired) electrons. The van der Waals surface area contributed by atoms with Gasteiger partial charge in [-0.25, -0.2) is 0 Å². The van der Waals surface area contributed by atoms with Crippen LogP contribution in [0.2, 0.25) is 0 Å². The van der Waals surface area contributed by atoms with E-state index in [9.17, 15) is 0 Å². The second-order valence-electron chi connectivity index (χ2n) is 3.93. The summed E-state index contributed by atoms with van der Waals surface area (Å²) in [7, 11) is 10.4. The fraction of sp³-hybridized carbons (Fsp3) is 1.00. The van der Waals surface area contributed by atoms with E-state index in [-0.39, 0.29) is 13.2 Å². The monoisotopic (exact) mass is 456 g/mol. The predicted molar refractivity (Wildman–Crippen MR) is 117 cm³/mol. The molecule has 11 heteroatoms. The minimum atomic E-state index is 0.229. The van der Waals surface area contributed by atoms with Crippen molar-refractivity contribution in [3.63, 3.8) is 0 Å². The molecule has 0 amide bonds. The number of hydrogen-bond acceptors (Lipinski definition) is 11. The van der Waals surface area contributed by atoms with E-state index in [4.69, 9.17) is 24.4 Å². The van der Waals surface area contributed by atoms with Crippen molar-refractivity contribution in [2.24, 2.45) is 0 Å². The first-order valence-corrected chi connectivity index (χ1v) is 15.1. The molecule has 0 unspecified atom stereocenters. The lowest BCUT2D eigenvalue weighted by atomic mass is 10.8. The van der Waals surface area contributed by atoms with Crippen molar-refractivity contribution in [2.45, 2.75) is 0 Å². The van der Waals surface area contributed by atoms with Gasteiger partial charge in [-0.05, 0) is 0 Å². The molecule has 0 aliphatic heterocycles. The molecular formula is C13H28O5S6. The molecule has 0 saturated heterocycles. The van der Waals surface area contributed by atoms with Gasteiger partial charge in [0.05, 0.1) is 39.6 Å². The molecule has 0 saturated carbocycles. The summed E-state index contributed by atoms with van der Waals surface area (Å²) in [4.78, 5) is 0. The van der Waals surface area contributed by atoms with Crippen LogP contribution in [0.25, 0.3) is 0 Å². The lowest BCUT2D eigenvalue weighted by Gasteiger charge is -2.06. The van der Waals surface area contributed by atoms with Crippen LogP contribution in [0.3, 0.4) is 0 Å². The summed E-state index contributed by atoms with van der Waals surface area (Å²) >= 11 is 0. The highest BCUT2D eigenvalue weighted by Gasteiger charge is 1.95. The maximum atomic E-state index is 8.62. The van der Waals surface area contributed by atoms with Gasteiger partial charge in [-0.3, -0.25) is 0 Å². The van der Waals surface area contributed by atoms with Crippen molar-refractivity contribution < 1.29 is 24.4 Å². The molecule has 0 atom stereocenters. The van der Waals surface area contributed by atoms with Crippen molar-refractivity contribution in [1.29, 1.82) is 0 Å². The number of aliphatic hydroxyl groups is 2. The van der Waals surface area contributed by atoms with Gasteiger partial charge in [-0.2, -0.15) is 0 Å². The summed E-state index contributed by atoms with van der Waals surface area (Å²) in [5.41, 5.74) is 0. The summed E-state index contributed by atoms with van der Waals surface area (Å²) in [6, 6.07) is 0. The fourth-order valence-corrected chi connectivity index (χ4v) is 6.06. The minimum absolute atomic E-state index is 0.229. The minimum Gasteiger partial charge on any atom is -0.395 e. The highest BCUT2D eigenvalue weighted by molar-refractivity contribution is 8.77. The first kappa shape index (κ1) is 25.9. The van der Waals surface area contributed by atoms with E-state index in [1.54, 1.807) is 64.8 Å². The van der Waals surface area contributed by atoms with E-state index < -0.39 is 0 Å². The molecule has 0 heterocycles. The standard InChI is InChI=1S/C13H28O5S6/c14-1-7-19-21-9-3-16-4-10-23-24-12-6-18-13-17-5-11-22-20-8-2-15/h14-15H,1-13H2. The van der Waals surface area contributed by atoms with E-state index in [1.165, 1.54) is 0 Å². The third-order valence-electron chi connectivity index (χ3n) is 2.01. The second-order valence-corrected chi connectivity index (χ2v) is 12.0. The number of aliphatic hydroxyl groups excluding tert-OH is 2. The zero-order valence-electron chi connectivity index (χ0n) is 13.8. The Balaban J connectivity index is 2.93. The van der Waals surface area contributed by atoms with Crippen molar-refractivity contribution in [1.82, 2.24) is 0 Å². The first-order valence-electron chi connectivity index (χ1n) is 7.60. The Morgan fingerprint density at radius 1 is 0.458 bits per heavy atom. The normalized spacial score (nSPS) is 11.2. The maximum Gasteiger partial charge on any atom is 0.146 e. The maximum absolute atomic E-state index is 8.62. The van der Waals surface area contributed by atoms with Crippen LogP contribution in [0.4, 0.5) is 0 Å². The van der Waals surface area contributed by atoms with Gasteiger partial charge in [0, 0.05) is 34.5 Å². The van der Waals surface area contributed by atoms with Crippen LogP contribution in [0.1, 0.15) is 0 Å². The second kappa shape index (κ2) is 24.9. The van der Waals surface area contributed by atoms with Gasteiger partial charge in [0.1, 0.15) is 6.79 Å². The Morgan fingerprint density at radius 2 is 0.792 bits per heavy atom. The number of ether oxygens (including phenoxy) is 3. The van der Waals surface area contributed by atoms with Crippen LogP contribution in [0.5, 0.6) is 0 Å². The van der Waals surface area contributed by atoms with Gasteiger partial charge in [0.2, 0.25) is 0 Å². The highest BCUT2D eigenvalue weighted by atomic mass is 33.1. The molecule has 0 aliphatic carbocycles. The van der Waals surface area contributed by atoms with Crippen LogP contribution in [0, 0.1) is 0 Å². The lowest BCUT2D eigenvalue weighted by Crippen LogP contribution is -2.05. The van der Waals surface area contributed by atoms with Crippen molar-refractivity contribution in [3.8, 4) is 0 Å². The van der Waals surface area contributed by atoms with Crippen LogP contribution in [-0.4, -0.2) is 91.2 Å². The van der Waals surface area contributed by atoms with Crippen molar-refractivity contribution >= 4 is 64.8 Å². The third kappa shape index (κ3) is 23.9. The summed E-state index contributed by atoms with van der Waals surface area (Å²) in [5.74, 6) is 5.37. The van der Waals surface area contributed by atoms with Gasteiger partial charge in [-0.1, -0.05) is 64.8 Å². The molecular weight excluding hydrogens is 429 g/mol. The molecule has 0 bridgehead atoms. The molecule has 0 rings (SSSR count). The van der Waals surface area contributed by atoms with E-state index in [2.05, 4.69) is 0 Å². The Bertz CT molecular complexity index is 209. The molecule has 5 nitrogen and oxygen atoms in total. The molecule has 0 aromatic heterocycles. The third-order valence-corrected chi connectivity index (χ3v) is 9.04. The van der Waals surface area contributed by atoms with E-state index >= 15 is 0 Å². The Labute approximate surface area is 169 Å². The van der Waals surface area contributed by atoms with Gasteiger partial charge in [0.15, 0.2) is 0 Å². The molecule has 0 fully saturated rings. The topological polar surface area (TPSA) is 68.2 Å². The van der Waals surface area contributed by atoms with E-state index in [0.29, 0.717) is 20.0 Å². The molecule has 0 aliphatic rings. The summed E-state index contributed by atoms with van der Waals surface area (Å²) in [6.07, 6.45) is 0. The molecule has 0 aromatic rings. The highest BCUT2D eigenvalue weighted by Crippen LogP contribution is 2.21. The van der Waals surface area contributed by atoms with Crippen LogP contribution in [0.15, 0.2) is 0 Å². The van der Waals surface area contributed by atoms with Crippen LogP contribution >= 0.6 is 64.8 Å². The van der Waals surface area contributed by atoms with Crippen LogP contribution < -0.4 is 0 Å². The van der Waals surface area contributed by atoms with E-state index in [0.717, 1.165) is 47.7 Å². The smallest absolute Gasteiger partial charge is 0.146 e. The lowest BCUT2D eigenvalue weighted by molar-refractivity contribution is -0.0425. The van der Waals surface area contributed by atoms with Gasteiger partial charge in [-0.15, -0.1) is 0 Å². The number of hydrogen-bond donors (Lipinski definition) is 2. The SMILES string of the molecule is OCCSSCCOCCSSCCOCOCCSSCCO. The molecule has 146 valence electrons. The molecule has 0 aromatic carbocycles. The van der Waals surface area contributed by atoms with Crippen molar-refractivity contribution in [2.75, 3.05) is 81.0 Å². The largest absolute Gasteiger partial charge is 0.395 e. The number of rotatable bonds is 21. The fourth-order valence-electron chi connectivity index (χ4n) is 1.08. The van der Waals surface area contributed by atoms with Gasteiger partial charge >= 0.3 is 0 Å². The Morgan fingerprint density at radius 3 is 1.17 bits per heavy atom. The quantitative estimate of drug-likeness (QED) is 0.152. The predicted octanol–water partition coefficient (Wildman–Crippen LogP) is 3.12. The van der Waals surface area contributed by atoms with E-state index in [1.807, 2.05) is 0 Å². The van der Waals surface area contributed by atoms with Crippen molar-refractivity contribution in [3.05, 3.63) is 0 Å².